The third kappa shape index (κ3) is 1.89. The van der Waals surface area contributed by atoms with Crippen molar-refractivity contribution in [2.24, 2.45) is 11.1 Å². The van der Waals surface area contributed by atoms with Crippen molar-refractivity contribution < 1.29 is 0 Å². The molecule has 1 aromatic heterocycles. The van der Waals surface area contributed by atoms with Crippen LogP contribution in [0.15, 0.2) is 18.3 Å². The molecule has 2 heteroatoms. The number of pyridine rings is 1. The average Bonchev–Trinajstić information content (AvgIpc) is 2.70. The van der Waals surface area contributed by atoms with Gasteiger partial charge in [-0.2, -0.15) is 0 Å². The number of fused-ring (bicyclic) bond motifs is 1. The van der Waals surface area contributed by atoms with Gasteiger partial charge < -0.3 is 5.73 Å². The third-order valence-electron chi connectivity index (χ3n) is 4.85. The Morgan fingerprint density at radius 3 is 3.06 bits per heavy atom. The zero-order chi connectivity index (χ0) is 11.9. The Labute approximate surface area is 104 Å². The lowest BCUT2D eigenvalue weighted by Crippen LogP contribution is -2.29. The first-order valence-electron chi connectivity index (χ1n) is 6.88. The van der Waals surface area contributed by atoms with Gasteiger partial charge in [0.05, 0.1) is 0 Å². The van der Waals surface area contributed by atoms with Crippen molar-refractivity contribution in [3.05, 3.63) is 29.6 Å². The summed E-state index contributed by atoms with van der Waals surface area (Å²) in [7, 11) is 0. The molecule has 2 nitrogen and oxygen atoms in total. The van der Waals surface area contributed by atoms with Crippen LogP contribution in [0.1, 0.15) is 56.2 Å². The first kappa shape index (κ1) is 11.2. The van der Waals surface area contributed by atoms with Gasteiger partial charge in [-0.05, 0) is 55.6 Å². The van der Waals surface area contributed by atoms with Crippen molar-refractivity contribution in [2.45, 2.75) is 57.4 Å². The quantitative estimate of drug-likeness (QED) is 0.805. The van der Waals surface area contributed by atoms with E-state index in [0.717, 1.165) is 0 Å². The molecule has 1 heterocycles. The van der Waals surface area contributed by atoms with E-state index >= 15 is 0 Å². The smallest absolute Gasteiger partial charge is 0.0471 e. The fourth-order valence-electron chi connectivity index (χ4n) is 3.92. The number of aromatic nitrogens is 1. The summed E-state index contributed by atoms with van der Waals surface area (Å²) in [4.78, 5) is 4.67. The van der Waals surface area contributed by atoms with Gasteiger partial charge in [0.15, 0.2) is 0 Å². The summed E-state index contributed by atoms with van der Waals surface area (Å²) < 4.78 is 0. The van der Waals surface area contributed by atoms with Gasteiger partial charge in [0.25, 0.3) is 0 Å². The molecule has 2 N–H and O–H groups in total. The Kier molecular flexibility index (Phi) is 2.70. The first-order valence-corrected chi connectivity index (χ1v) is 6.88. The summed E-state index contributed by atoms with van der Waals surface area (Å²) in [5, 5.41) is 0. The van der Waals surface area contributed by atoms with E-state index < -0.39 is 0 Å². The lowest BCUT2D eigenvalue weighted by molar-refractivity contribution is 0.230. The predicted molar refractivity (Wildman–Crippen MR) is 69.8 cm³/mol. The van der Waals surface area contributed by atoms with Crippen molar-refractivity contribution in [1.29, 1.82) is 0 Å². The summed E-state index contributed by atoms with van der Waals surface area (Å²) >= 11 is 0. The van der Waals surface area contributed by atoms with Crippen molar-refractivity contribution in [3.63, 3.8) is 0 Å². The van der Waals surface area contributed by atoms with Gasteiger partial charge in [-0.1, -0.05) is 13.0 Å². The molecule has 0 aliphatic heterocycles. The summed E-state index contributed by atoms with van der Waals surface area (Å²) in [6.07, 6.45) is 9.41. The molecule has 17 heavy (non-hydrogen) atoms. The molecule has 3 atom stereocenters. The molecular formula is C15H22N2. The van der Waals surface area contributed by atoms with Gasteiger partial charge in [0.1, 0.15) is 0 Å². The Morgan fingerprint density at radius 1 is 1.41 bits per heavy atom. The van der Waals surface area contributed by atoms with Crippen LogP contribution in [0.25, 0.3) is 0 Å². The molecule has 0 amide bonds. The van der Waals surface area contributed by atoms with Crippen LogP contribution < -0.4 is 5.73 Å². The standard InChI is InChI=1S/C15H22N2/c1-15(8-7-12(16)10-15)13-6-2-4-11-5-3-9-17-14(11)13/h3,5,9,12-13H,2,4,6-8,10,16H2,1H3. The number of nitrogens with two attached hydrogens (primary N) is 1. The minimum Gasteiger partial charge on any atom is -0.328 e. The minimum absolute atomic E-state index is 0.392. The normalized spacial score (nSPS) is 36.8. The maximum absolute atomic E-state index is 6.12. The van der Waals surface area contributed by atoms with E-state index in [2.05, 4.69) is 24.0 Å². The second-order valence-electron chi connectivity index (χ2n) is 6.15. The third-order valence-corrected chi connectivity index (χ3v) is 4.85. The molecule has 3 unspecified atom stereocenters. The van der Waals surface area contributed by atoms with Crippen molar-refractivity contribution in [1.82, 2.24) is 4.98 Å². The Balaban J connectivity index is 1.95. The lowest BCUT2D eigenvalue weighted by atomic mass is 9.68. The van der Waals surface area contributed by atoms with Gasteiger partial charge in [-0.25, -0.2) is 0 Å². The van der Waals surface area contributed by atoms with Gasteiger partial charge in [-0.3, -0.25) is 4.98 Å². The zero-order valence-corrected chi connectivity index (χ0v) is 10.7. The van der Waals surface area contributed by atoms with Crippen molar-refractivity contribution >= 4 is 0 Å². The van der Waals surface area contributed by atoms with Gasteiger partial charge in [0, 0.05) is 23.9 Å². The molecular weight excluding hydrogens is 208 g/mol. The average molecular weight is 230 g/mol. The van der Waals surface area contributed by atoms with Crippen LogP contribution in [0.2, 0.25) is 0 Å². The zero-order valence-electron chi connectivity index (χ0n) is 10.7. The number of aryl methyl sites for hydroxylation is 1. The van der Waals surface area contributed by atoms with E-state index in [1.54, 1.807) is 0 Å². The largest absolute Gasteiger partial charge is 0.328 e. The molecule has 92 valence electrons. The van der Waals surface area contributed by atoms with E-state index in [-0.39, 0.29) is 0 Å². The van der Waals surface area contributed by atoms with Crippen LogP contribution in [0.5, 0.6) is 0 Å². The molecule has 1 aromatic rings. The number of nitrogens with zero attached hydrogens (tertiary/aromatic N) is 1. The number of hydrogen-bond donors (Lipinski definition) is 1. The highest BCUT2D eigenvalue weighted by atomic mass is 14.7. The van der Waals surface area contributed by atoms with E-state index in [0.29, 0.717) is 17.4 Å². The lowest BCUT2D eigenvalue weighted by Gasteiger charge is -2.37. The monoisotopic (exact) mass is 230 g/mol. The van der Waals surface area contributed by atoms with E-state index in [1.165, 1.54) is 49.8 Å². The topological polar surface area (TPSA) is 38.9 Å². The predicted octanol–water partition coefficient (Wildman–Crippen LogP) is 3.02. The second kappa shape index (κ2) is 4.09. The molecule has 0 aromatic carbocycles. The molecule has 1 fully saturated rings. The Morgan fingerprint density at radius 2 is 2.29 bits per heavy atom. The highest BCUT2D eigenvalue weighted by Gasteiger charge is 2.42. The Hall–Kier alpha value is -0.890. The highest BCUT2D eigenvalue weighted by molar-refractivity contribution is 5.28. The maximum atomic E-state index is 6.12. The summed E-state index contributed by atoms with van der Waals surface area (Å²) in [6, 6.07) is 4.74. The van der Waals surface area contributed by atoms with E-state index in [1.807, 2.05) is 6.20 Å². The molecule has 2 aliphatic rings. The van der Waals surface area contributed by atoms with Gasteiger partial charge >= 0.3 is 0 Å². The summed E-state index contributed by atoms with van der Waals surface area (Å²) in [6.45, 7) is 2.42. The van der Waals surface area contributed by atoms with E-state index in [4.69, 9.17) is 5.73 Å². The fourth-order valence-corrected chi connectivity index (χ4v) is 3.92. The van der Waals surface area contributed by atoms with Crippen LogP contribution in [0.3, 0.4) is 0 Å². The van der Waals surface area contributed by atoms with Gasteiger partial charge in [0.2, 0.25) is 0 Å². The molecule has 0 bridgehead atoms. The summed E-state index contributed by atoms with van der Waals surface area (Å²) in [5.74, 6) is 0.640. The first-order chi connectivity index (χ1) is 8.19. The van der Waals surface area contributed by atoms with Crippen LogP contribution in [-0.4, -0.2) is 11.0 Å². The SMILES string of the molecule is CC1(C2CCCc3cccnc32)CCC(N)C1. The molecule has 2 aliphatic carbocycles. The minimum atomic E-state index is 0.392. The number of hydrogen-bond acceptors (Lipinski definition) is 2. The van der Waals surface area contributed by atoms with Crippen LogP contribution in [0.4, 0.5) is 0 Å². The molecule has 0 saturated heterocycles. The van der Waals surface area contributed by atoms with Crippen LogP contribution >= 0.6 is 0 Å². The van der Waals surface area contributed by atoms with Crippen LogP contribution in [-0.2, 0) is 6.42 Å². The molecule has 3 rings (SSSR count). The molecule has 0 radical (unpaired) electrons. The molecule has 0 spiro atoms. The fraction of sp³-hybridized carbons (Fsp3) is 0.667. The summed E-state index contributed by atoms with van der Waals surface area (Å²) in [5.41, 5.74) is 9.36. The van der Waals surface area contributed by atoms with Crippen LogP contribution in [0, 0.1) is 5.41 Å². The van der Waals surface area contributed by atoms with E-state index in [9.17, 15) is 0 Å². The maximum Gasteiger partial charge on any atom is 0.0471 e. The van der Waals surface area contributed by atoms with Crippen molar-refractivity contribution in [3.8, 4) is 0 Å². The van der Waals surface area contributed by atoms with Gasteiger partial charge in [-0.15, -0.1) is 0 Å². The van der Waals surface area contributed by atoms with Crippen molar-refractivity contribution in [2.75, 3.05) is 0 Å². The number of rotatable bonds is 1. The Bertz CT molecular complexity index is 415. The second-order valence-corrected chi connectivity index (χ2v) is 6.15. The highest BCUT2D eigenvalue weighted by Crippen LogP contribution is 2.51. The molecule has 1 saturated carbocycles.